The monoisotopic (exact) mass is 171 g/mol. The van der Waals surface area contributed by atoms with Crippen LogP contribution < -0.4 is 5.73 Å². The smallest absolute Gasteiger partial charge is 0.160 e. The van der Waals surface area contributed by atoms with Crippen molar-refractivity contribution in [2.24, 2.45) is 5.73 Å². The Morgan fingerprint density at radius 3 is 2.45 bits per heavy atom. The van der Waals surface area contributed by atoms with Crippen molar-refractivity contribution in [2.45, 2.75) is 13.3 Å². The number of aryl methyl sites for hydroxylation is 1. The quantitative estimate of drug-likeness (QED) is 0.688. The molecule has 2 nitrogen and oxygen atoms in total. The van der Waals surface area contributed by atoms with Crippen molar-refractivity contribution >= 4 is 17.6 Å². The molecule has 2 N–H and O–H groups in total. The summed E-state index contributed by atoms with van der Waals surface area (Å²) >= 11 is 1.56. The number of hydrogen-bond donors (Lipinski definition) is 1. The zero-order valence-corrected chi connectivity index (χ0v) is 7.65. The molecule has 0 aliphatic heterocycles. The molecule has 1 aromatic heterocycles. The van der Waals surface area contributed by atoms with Gasteiger partial charge >= 0.3 is 0 Å². The molecule has 0 unspecified atom stereocenters. The summed E-state index contributed by atoms with van der Waals surface area (Å²) in [6, 6.07) is 3.85. The van der Waals surface area contributed by atoms with Crippen molar-refractivity contribution in [3.05, 3.63) is 21.9 Å². The van der Waals surface area contributed by atoms with Gasteiger partial charge in [-0.25, -0.2) is 0 Å². The van der Waals surface area contributed by atoms with Crippen LogP contribution in [0.5, 0.6) is 0 Å². The van der Waals surface area contributed by atoms with Gasteiger partial charge in [-0.15, -0.1) is 11.3 Å². The Morgan fingerprint density at radius 2 is 2.18 bits per heavy atom. The molecule has 0 aliphatic carbocycles. The Hall–Kier alpha value is -0.670. The van der Waals surface area contributed by atoms with Crippen molar-refractivity contribution in [3.8, 4) is 0 Å². The van der Waals surface area contributed by atoms with Crippen LogP contribution in [0.1, 0.15) is 21.5 Å². The molecular formula is C8H13NOS. The SMILES string of the molecule is CCc1ccc(C=O)s1.CN. The van der Waals surface area contributed by atoms with Gasteiger partial charge in [0.1, 0.15) is 0 Å². The van der Waals surface area contributed by atoms with E-state index in [9.17, 15) is 4.79 Å². The standard InChI is InChI=1S/C7H8OS.CH5N/c1-2-6-3-4-7(5-8)9-6;1-2/h3-5H,2H2,1H3;2H2,1H3. The predicted octanol–water partition coefficient (Wildman–Crippen LogP) is 1.70. The molecule has 1 rings (SSSR count). The first-order valence-electron chi connectivity index (χ1n) is 3.48. The summed E-state index contributed by atoms with van der Waals surface area (Å²) in [5.41, 5.74) is 4.50. The maximum Gasteiger partial charge on any atom is 0.160 e. The molecular weight excluding hydrogens is 158 g/mol. The summed E-state index contributed by atoms with van der Waals surface area (Å²) < 4.78 is 0. The number of rotatable bonds is 2. The van der Waals surface area contributed by atoms with E-state index in [1.54, 1.807) is 11.3 Å². The molecule has 1 heterocycles. The fourth-order valence-electron chi connectivity index (χ4n) is 0.648. The molecule has 62 valence electrons. The summed E-state index contributed by atoms with van der Waals surface area (Å²) in [5.74, 6) is 0. The molecule has 0 aromatic carbocycles. The lowest BCUT2D eigenvalue weighted by atomic mass is 10.4. The van der Waals surface area contributed by atoms with Gasteiger partial charge in [0, 0.05) is 4.88 Å². The first-order valence-corrected chi connectivity index (χ1v) is 4.30. The molecule has 1 aromatic rings. The van der Waals surface area contributed by atoms with Crippen molar-refractivity contribution in [1.82, 2.24) is 0 Å². The van der Waals surface area contributed by atoms with Crippen LogP contribution in [0.15, 0.2) is 12.1 Å². The van der Waals surface area contributed by atoms with E-state index >= 15 is 0 Å². The highest BCUT2D eigenvalue weighted by Crippen LogP contribution is 2.13. The first-order chi connectivity index (χ1) is 5.36. The lowest BCUT2D eigenvalue weighted by molar-refractivity contribution is 0.112. The van der Waals surface area contributed by atoms with E-state index in [2.05, 4.69) is 12.7 Å². The molecule has 3 heteroatoms. The van der Waals surface area contributed by atoms with Gasteiger partial charge in [-0.2, -0.15) is 0 Å². The van der Waals surface area contributed by atoms with Gasteiger partial charge in [0.25, 0.3) is 0 Å². The van der Waals surface area contributed by atoms with Crippen LogP contribution in [0.25, 0.3) is 0 Å². The van der Waals surface area contributed by atoms with E-state index in [1.807, 2.05) is 12.1 Å². The van der Waals surface area contributed by atoms with Crippen LogP contribution >= 0.6 is 11.3 Å². The largest absolute Gasteiger partial charge is 0.333 e. The number of carbonyl (C=O) groups excluding carboxylic acids is 1. The average Bonchev–Trinajstić information content (AvgIpc) is 2.55. The van der Waals surface area contributed by atoms with Gasteiger partial charge in [-0.1, -0.05) is 6.92 Å². The Labute approximate surface area is 71.0 Å². The van der Waals surface area contributed by atoms with E-state index in [-0.39, 0.29) is 0 Å². The molecule has 0 bridgehead atoms. The number of thiophene rings is 1. The fourth-order valence-corrected chi connectivity index (χ4v) is 1.42. The lowest BCUT2D eigenvalue weighted by Gasteiger charge is -1.80. The van der Waals surface area contributed by atoms with E-state index in [1.165, 1.54) is 11.9 Å². The fraction of sp³-hybridized carbons (Fsp3) is 0.375. The third kappa shape index (κ3) is 3.30. The third-order valence-electron chi connectivity index (χ3n) is 1.15. The van der Waals surface area contributed by atoms with Gasteiger partial charge in [-0.05, 0) is 25.6 Å². The Morgan fingerprint density at radius 1 is 1.55 bits per heavy atom. The minimum atomic E-state index is 0.826. The zero-order valence-electron chi connectivity index (χ0n) is 6.83. The van der Waals surface area contributed by atoms with Crippen LogP contribution in [-0.2, 0) is 6.42 Å². The van der Waals surface area contributed by atoms with Crippen LogP contribution in [-0.4, -0.2) is 13.3 Å². The summed E-state index contributed by atoms with van der Waals surface area (Å²) in [5, 5.41) is 0. The molecule has 0 saturated heterocycles. The predicted molar refractivity (Wildman–Crippen MR) is 49.2 cm³/mol. The van der Waals surface area contributed by atoms with E-state index < -0.39 is 0 Å². The van der Waals surface area contributed by atoms with Gasteiger partial charge in [0.05, 0.1) is 4.88 Å². The second-order valence-electron chi connectivity index (χ2n) is 1.78. The summed E-state index contributed by atoms with van der Waals surface area (Å²) in [7, 11) is 1.50. The van der Waals surface area contributed by atoms with Crippen LogP contribution in [0.4, 0.5) is 0 Å². The maximum atomic E-state index is 10.1. The van der Waals surface area contributed by atoms with E-state index in [0.717, 1.165) is 17.6 Å². The van der Waals surface area contributed by atoms with Crippen molar-refractivity contribution < 1.29 is 4.79 Å². The summed E-state index contributed by atoms with van der Waals surface area (Å²) in [4.78, 5) is 12.2. The minimum Gasteiger partial charge on any atom is -0.333 e. The van der Waals surface area contributed by atoms with Crippen molar-refractivity contribution in [2.75, 3.05) is 7.05 Å². The van der Waals surface area contributed by atoms with Crippen LogP contribution in [0.2, 0.25) is 0 Å². The second kappa shape index (κ2) is 6.07. The highest BCUT2D eigenvalue weighted by atomic mass is 32.1. The number of carbonyl (C=O) groups is 1. The summed E-state index contributed by atoms with van der Waals surface area (Å²) in [6.07, 6.45) is 1.92. The molecule has 0 amide bonds. The van der Waals surface area contributed by atoms with E-state index in [0.29, 0.717) is 0 Å². The van der Waals surface area contributed by atoms with Gasteiger partial charge < -0.3 is 5.73 Å². The van der Waals surface area contributed by atoms with E-state index in [4.69, 9.17) is 0 Å². The number of nitrogens with two attached hydrogens (primary N) is 1. The zero-order chi connectivity index (χ0) is 8.69. The number of aldehydes is 1. The van der Waals surface area contributed by atoms with Gasteiger partial charge in [0.2, 0.25) is 0 Å². The van der Waals surface area contributed by atoms with Crippen LogP contribution in [0, 0.1) is 0 Å². The molecule has 0 fully saturated rings. The second-order valence-corrected chi connectivity index (χ2v) is 2.98. The Kier molecular flexibility index (Phi) is 5.70. The molecule has 0 atom stereocenters. The first kappa shape index (κ1) is 10.3. The highest BCUT2D eigenvalue weighted by Gasteiger charge is 1.93. The van der Waals surface area contributed by atoms with Gasteiger partial charge in [0.15, 0.2) is 6.29 Å². The Bertz CT molecular complexity index is 208. The van der Waals surface area contributed by atoms with Gasteiger partial charge in [-0.3, -0.25) is 4.79 Å². The maximum absolute atomic E-state index is 10.1. The molecule has 0 saturated carbocycles. The lowest BCUT2D eigenvalue weighted by Crippen LogP contribution is -1.69. The topological polar surface area (TPSA) is 43.1 Å². The Balaban J connectivity index is 0.000000461. The molecule has 11 heavy (non-hydrogen) atoms. The van der Waals surface area contributed by atoms with Crippen molar-refractivity contribution in [3.63, 3.8) is 0 Å². The molecule has 0 aliphatic rings. The third-order valence-corrected chi connectivity index (χ3v) is 2.30. The molecule has 0 spiro atoms. The normalized spacial score (nSPS) is 8.27. The average molecular weight is 171 g/mol. The minimum absolute atomic E-state index is 0.826. The highest BCUT2D eigenvalue weighted by molar-refractivity contribution is 7.13. The van der Waals surface area contributed by atoms with Crippen molar-refractivity contribution in [1.29, 1.82) is 0 Å². The van der Waals surface area contributed by atoms with Crippen LogP contribution in [0.3, 0.4) is 0 Å². The summed E-state index contributed by atoms with van der Waals surface area (Å²) in [6.45, 7) is 2.08. The molecule has 0 radical (unpaired) electrons. The number of hydrogen-bond acceptors (Lipinski definition) is 3.